The molecule has 0 unspecified atom stereocenters. The van der Waals surface area contributed by atoms with E-state index in [0.717, 1.165) is 0 Å². The number of urea groups is 1. The zero-order valence-electron chi connectivity index (χ0n) is 13.6. The van der Waals surface area contributed by atoms with Crippen LogP contribution >= 0.6 is 0 Å². The van der Waals surface area contributed by atoms with Crippen LogP contribution in [0.4, 0.5) is 23.7 Å². The van der Waals surface area contributed by atoms with Crippen LogP contribution in [0.15, 0.2) is 18.2 Å². The van der Waals surface area contributed by atoms with Crippen molar-refractivity contribution in [1.82, 2.24) is 10.2 Å². The number of halogens is 3. The molecule has 0 fully saturated rings. The second kappa shape index (κ2) is 8.36. The first-order chi connectivity index (χ1) is 11.5. The summed E-state index contributed by atoms with van der Waals surface area (Å²) in [4.78, 5) is 34.5. The molecule has 0 aromatic heterocycles. The van der Waals surface area contributed by atoms with E-state index in [1.165, 1.54) is 18.0 Å². The summed E-state index contributed by atoms with van der Waals surface area (Å²) in [6.07, 6.45) is -5.18. The van der Waals surface area contributed by atoms with Gasteiger partial charge in [-0.1, -0.05) is 6.07 Å². The van der Waals surface area contributed by atoms with Gasteiger partial charge < -0.3 is 20.6 Å². The number of aryl methyl sites for hydroxylation is 1. The van der Waals surface area contributed by atoms with Crippen molar-refractivity contribution in [2.24, 2.45) is 0 Å². The number of carboxylic acid groups (broad SMARTS) is 1. The summed E-state index contributed by atoms with van der Waals surface area (Å²) in [7, 11) is 1.42. The molecule has 0 aliphatic rings. The summed E-state index contributed by atoms with van der Waals surface area (Å²) in [6.45, 7) is 1.33. The van der Waals surface area contributed by atoms with Crippen molar-refractivity contribution in [3.63, 3.8) is 0 Å². The monoisotopic (exact) mass is 361 g/mol. The van der Waals surface area contributed by atoms with Gasteiger partial charge in [0.1, 0.15) is 0 Å². The summed E-state index contributed by atoms with van der Waals surface area (Å²) in [5.41, 5.74) is 1.37. The molecule has 0 heterocycles. The van der Waals surface area contributed by atoms with Crippen LogP contribution in [0.5, 0.6) is 0 Å². The van der Waals surface area contributed by atoms with Crippen LogP contribution in [-0.4, -0.2) is 47.7 Å². The third-order valence-electron chi connectivity index (χ3n) is 3.11. The van der Waals surface area contributed by atoms with Gasteiger partial charge in [-0.3, -0.25) is 9.59 Å². The lowest BCUT2D eigenvalue weighted by atomic mass is 10.1. The second-order valence-electron chi connectivity index (χ2n) is 5.38. The molecule has 7 nitrogen and oxygen atoms in total. The predicted molar refractivity (Wildman–Crippen MR) is 83.0 cm³/mol. The van der Waals surface area contributed by atoms with Crippen LogP contribution in [0, 0.1) is 6.92 Å². The Labute approximate surface area is 141 Å². The first kappa shape index (κ1) is 20.3. The van der Waals surface area contributed by atoms with E-state index < -0.39 is 24.1 Å². The van der Waals surface area contributed by atoms with Crippen LogP contribution in [0.3, 0.4) is 0 Å². The number of nitrogens with zero attached hydrogens (tertiary/aromatic N) is 1. The molecule has 1 aromatic carbocycles. The van der Waals surface area contributed by atoms with Gasteiger partial charge in [-0.05, 0) is 30.2 Å². The van der Waals surface area contributed by atoms with Gasteiger partial charge in [-0.25, -0.2) is 4.79 Å². The molecule has 0 aliphatic carbocycles. The molecule has 25 heavy (non-hydrogen) atoms. The number of amides is 3. The van der Waals surface area contributed by atoms with Crippen molar-refractivity contribution in [2.75, 3.05) is 18.9 Å². The summed E-state index contributed by atoms with van der Waals surface area (Å²) in [6, 6.07) is 4.03. The van der Waals surface area contributed by atoms with E-state index in [2.05, 4.69) is 5.32 Å². The average Bonchev–Trinajstić information content (AvgIpc) is 2.48. The third-order valence-corrected chi connectivity index (χ3v) is 3.11. The molecule has 0 radical (unpaired) electrons. The summed E-state index contributed by atoms with van der Waals surface area (Å²) in [5, 5.41) is 12.9. The fourth-order valence-corrected chi connectivity index (χ4v) is 1.90. The third kappa shape index (κ3) is 7.10. The van der Waals surface area contributed by atoms with Gasteiger partial charge in [0.05, 0.1) is 6.42 Å². The van der Waals surface area contributed by atoms with E-state index in [1.54, 1.807) is 24.4 Å². The van der Waals surface area contributed by atoms with Crippen molar-refractivity contribution in [2.45, 2.75) is 26.1 Å². The van der Waals surface area contributed by atoms with E-state index in [0.29, 0.717) is 16.8 Å². The Morgan fingerprint density at radius 3 is 2.40 bits per heavy atom. The van der Waals surface area contributed by atoms with Crippen LogP contribution in [0.25, 0.3) is 0 Å². The fraction of sp³-hybridized carbons (Fsp3) is 0.400. The predicted octanol–water partition coefficient (Wildman–Crippen LogP) is 2.11. The van der Waals surface area contributed by atoms with E-state index in [9.17, 15) is 27.6 Å². The number of hydrogen-bond acceptors (Lipinski definition) is 3. The molecular formula is C15H18F3N3O4. The van der Waals surface area contributed by atoms with Gasteiger partial charge in [0.25, 0.3) is 0 Å². The number of benzene rings is 1. The van der Waals surface area contributed by atoms with Gasteiger partial charge in [-0.15, -0.1) is 0 Å². The van der Waals surface area contributed by atoms with Gasteiger partial charge in [0, 0.05) is 25.8 Å². The van der Waals surface area contributed by atoms with Gasteiger partial charge in [0.15, 0.2) is 0 Å². The van der Waals surface area contributed by atoms with Crippen LogP contribution in [0.1, 0.15) is 17.5 Å². The summed E-state index contributed by atoms with van der Waals surface area (Å²) in [5.74, 6) is -3.09. The van der Waals surface area contributed by atoms with Crippen LogP contribution in [0.2, 0.25) is 0 Å². The largest absolute Gasteiger partial charge is 0.481 e. The molecule has 138 valence electrons. The molecule has 0 spiro atoms. The number of aliphatic carboxylic acids is 1. The summed E-state index contributed by atoms with van der Waals surface area (Å²) >= 11 is 0. The highest BCUT2D eigenvalue weighted by Gasteiger charge is 2.38. The lowest BCUT2D eigenvalue weighted by molar-refractivity contribution is -0.173. The number of carbonyl (C=O) groups is 3. The van der Waals surface area contributed by atoms with Gasteiger partial charge in [0.2, 0.25) is 0 Å². The van der Waals surface area contributed by atoms with E-state index in [-0.39, 0.29) is 19.5 Å². The fourth-order valence-electron chi connectivity index (χ4n) is 1.90. The van der Waals surface area contributed by atoms with E-state index in [1.807, 2.05) is 0 Å². The minimum atomic E-state index is -4.96. The van der Waals surface area contributed by atoms with Gasteiger partial charge >= 0.3 is 24.1 Å². The molecule has 0 atom stereocenters. The maximum absolute atomic E-state index is 12.2. The molecule has 1 rings (SSSR count). The molecule has 0 saturated heterocycles. The topological polar surface area (TPSA) is 98.7 Å². The quantitative estimate of drug-likeness (QED) is 0.723. The number of rotatable bonds is 6. The standard InChI is InChI=1S/C15H18F3N3O4/c1-9-5-10(8-19-13(24)15(16,17)18)7-11(6-9)20-14(25)21(2)4-3-12(22)23/h5-7H,3-4,8H2,1-2H3,(H,19,24)(H,20,25)(H,22,23). The highest BCUT2D eigenvalue weighted by Crippen LogP contribution is 2.17. The zero-order valence-corrected chi connectivity index (χ0v) is 13.6. The highest BCUT2D eigenvalue weighted by atomic mass is 19.4. The molecule has 0 aliphatic heterocycles. The Balaban J connectivity index is 2.72. The van der Waals surface area contributed by atoms with Crippen molar-refractivity contribution in [3.05, 3.63) is 29.3 Å². The number of alkyl halides is 3. The SMILES string of the molecule is Cc1cc(CNC(=O)C(F)(F)F)cc(NC(=O)N(C)CCC(=O)O)c1. The number of carbonyl (C=O) groups excluding carboxylic acids is 2. The van der Waals surface area contributed by atoms with Crippen molar-refractivity contribution in [3.8, 4) is 0 Å². The molecule has 0 bridgehead atoms. The Morgan fingerprint density at radius 1 is 1.20 bits per heavy atom. The molecule has 0 saturated carbocycles. The Bertz CT molecular complexity index is 662. The lowest BCUT2D eigenvalue weighted by Crippen LogP contribution is -2.36. The molecular weight excluding hydrogens is 343 g/mol. The first-order valence-corrected chi connectivity index (χ1v) is 7.18. The minimum absolute atomic E-state index is 0.00147. The number of nitrogens with one attached hydrogen (secondary N) is 2. The van der Waals surface area contributed by atoms with Crippen molar-refractivity contribution >= 4 is 23.6 Å². The highest BCUT2D eigenvalue weighted by molar-refractivity contribution is 5.89. The maximum atomic E-state index is 12.2. The van der Waals surface area contributed by atoms with E-state index in [4.69, 9.17) is 5.11 Å². The first-order valence-electron chi connectivity index (χ1n) is 7.18. The zero-order chi connectivity index (χ0) is 19.2. The molecule has 3 N–H and O–H groups in total. The molecule has 1 aromatic rings. The Morgan fingerprint density at radius 2 is 1.84 bits per heavy atom. The minimum Gasteiger partial charge on any atom is -0.481 e. The smallest absolute Gasteiger partial charge is 0.471 e. The van der Waals surface area contributed by atoms with Crippen LogP contribution < -0.4 is 10.6 Å². The summed E-state index contributed by atoms with van der Waals surface area (Å²) < 4.78 is 36.6. The van der Waals surface area contributed by atoms with Crippen LogP contribution in [-0.2, 0) is 16.1 Å². The molecule has 10 heteroatoms. The number of anilines is 1. The van der Waals surface area contributed by atoms with Crippen molar-refractivity contribution < 1.29 is 32.7 Å². The molecule has 3 amide bonds. The normalized spacial score (nSPS) is 10.9. The number of carboxylic acids is 1. The maximum Gasteiger partial charge on any atom is 0.471 e. The Kier molecular flexibility index (Phi) is 6.77. The Hall–Kier alpha value is -2.78. The lowest BCUT2D eigenvalue weighted by Gasteiger charge is -2.18. The number of hydrogen-bond donors (Lipinski definition) is 3. The second-order valence-corrected chi connectivity index (χ2v) is 5.38. The van der Waals surface area contributed by atoms with Crippen molar-refractivity contribution in [1.29, 1.82) is 0 Å². The van der Waals surface area contributed by atoms with E-state index >= 15 is 0 Å². The average molecular weight is 361 g/mol. The van der Waals surface area contributed by atoms with Gasteiger partial charge in [-0.2, -0.15) is 13.2 Å².